The molecule has 0 aromatic heterocycles. The number of thioether (sulfide) groups is 1. The molecule has 0 aromatic rings. The zero-order valence-corrected chi connectivity index (χ0v) is 5.23. The van der Waals surface area contributed by atoms with Gasteiger partial charge in [0.2, 0.25) is 0 Å². The molecule has 6 heavy (non-hydrogen) atoms. The molecule has 0 bridgehead atoms. The molecule has 0 saturated heterocycles. The van der Waals surface area contributed by atoms with Gasteiger partial charge in [-0.2, -0.15) is 0 Å². The maximum absolute atomic E-state index is 5.12. The van der Waals surface area contributed by atoms with E-state index in [0.29, 0.717) is 6.54 Å². The summed E-state index contributed by atoms with van der Waals surface area (Å²) in [6.45, 7) is 0.524. The van der Waals surface area contributed by atoms with Gasteiger partial charge in [0.15, 0.2) is 0 Å². The molecule has 1 nitrogen and oxygen atoms in total. The predicted octanol–water partition coefficient (Wildman–Crippen LogP) is 0.636. The smallest absolute Gasteiger partial charge is 0.0612 e. The van der Waals surface area contributed by atoms with E-state index in [4.69, 9.17) is 18.0 Å². The second kappa shape index (κ2) is 3.59. The highest BCUT2D eigenvalue weighted by atomic mass is 32.2. The van der Waals surface area contributed by atoms with Crippen LogP contribution in [0.2, 0.25) is 0 Å². The molecule has 0 amide bonds. The molecular weight excluding hydrogens is 114 g/mol. The fraction of sp³-hybridized carbons (Fsp3) is 0.667. The average Bonchev–Trinajstić information content (AvgIpc) is 1.65. The van der Waals surface area contributed by atoms with Gasteiger partial charge >= 0.3 is 0 Å². The average molecular weight is 121 g/mol. The molecule has 36 valence electrons. The van der Waals surface area contributed by atoms with Crippen molar-refractivity contribution in [2.75, 3.05) is 12.8 Å². The Bertz CT molecular complexity index is 46.8. The lowest BCUT2D eigenvalue weighted by Crippen LogP contribution is -2.05. The van der Waals surface area contributed by atoms with Crippen LogP contribution < -0.4 is 5.73 Å². The lowest BCUT2D eigenvalue weighted by molar-refractivity contribution is 1.36. The Morgan fingerprint density at radius 3 is 2.50 bits per heavy atom. The summed E-state index contributed by atoms with van der Waals surface area (Å²) in [5, 5.41) is 0. The minimum Gasteiger partial charge on any atom is -0.325 e. The van der Waals surface area contributed by atoms with Gasteiger partial charge < -0.3 is 5.73 Å². The Kier molecular flexibility index (Phi) is 3.82. The lowest BCUT2D eigenvalue weighted by atomic mass is 10.8. The maximum Gasteiger partial charge on any atom is 0.0612 e. The molecule has 0 aliphatic rings. The van der Waals surface area contributed by atoms with Crippen LogP contribution in [0.25, 0.3) is 0 Å². The zero-order valence-electron chi connectivity index (χ0n) is 3.60. The van der Waals surface area contributed by atoms with Crippen LogP contribution >= 0.6 is 24.0 Å². The van der Waals surface area contributed by atoms with Crippen LogP contribution in [0.15, 0.2) is 0 Å². The Morgan fingerprint density at radius 2 is 2.50 bits per heavy atom. The summed E-state index contributed by atoms with van der Waals surface area (Å²) < 4.78 is 0.870. The minimum absolute atomic E-state index is 0.524. The van der Waals surface area contributed by atoms with Crippen molar-refractivity contribution in [2.45, 2.75) is 0 Å². The van der Waals surface area contributed by atoms with Crippen LogP contribution in [0, 0.1) is 0 Å². The van der Waals surface area contributed by atoms with E-state index >= 15 is 0 Å². The molecule has 0 aliphatic heterocycles. The normalized spacial score (nSPS) is 8.33. The summed E-state index contributed by atoms with van der Waals surface area (Å²) >= 11 is 6.23. The molecule has 0 saturated carbocycles. The van der Waals surface area contributed by atoms with Gasteiger partial charge in [-0.3, -0.25) is 0 Å². The van der Waals surface area contributed by atoms with Crippen LogP contribution in [0.4, 0.5) is 0 Å². The van der Waals surface area contributed by atoms with Crippen molar-refractivity contribution in [3.63, 3.8) is 0 Å². The highest BCUT2D eigenvalue weighted by Crippen LogP contribution is 1.92. The fourth-order valence-electron chi connectivity index (χ4n) is 0.0833. The van der Waals surface area contributed by atoms with Crippen molar-refractivity contribution < 1.29 is 0 Å². The fourth-order valence-corrected chi connectivity index (χ4v) is 0.250. The minimum atomic E-state index is 0.524. The van der Waals surface area contributed by atoms with Crippen LogP contribution in [-0.2, 0) is 0 Å². The number of hydrogen-bond acceptors (Lipinski definition) is 3. The zero-order chi connectivity index (χ0) is 4.99. The second-order valence-corrected chi connectivity index (χ2v) is 2.43. The van der Waals surface area contributed by atoms with E-state index in [0.717, 1.165) is 4.20 Å². The third kappa shape index (κ3) is 2.63. The van der Waals surface area contributed by atoms with Gasteiger partial charge in [0.25, 0.3) is 0 Å². The Labute approximate surface area is 47.3 Å². The summed E-state index contributed by atoms with van der Waals surface area (Å²) in [4.78, 5) is 0. The van der Waals surface area contributed by atoms with E-state index in [2.05, 4.69) is 0 Å². The van der Waals surface area contributed by atoms with E-state index in [1.54, 1.807) is 0 Å². The molecule has 0 spiro atoms. The number of thiocarbonyl (C=S) groups is 1. The largest absolute Gasteiger partial charge is 0.325 e. The van der Waals surface area contributed by atoms with Crippen LogP contribution in [0.5, 0.6) is 0 Å². The highest BCUT2D eigenvalue weighted by molar-refractivity contribution is 8.22. The molecule has 2 N–H and O–H groups in total. The van der Waals surface area contributed by atoms with Crippen molar-refractivity contribution in [3.05, 3.63) is 0 Å². The monoisotopic (exact) mass is 121 g/mol. The maximum atomic E-state index is 5.12. The first-order valence-electron chi connectivity index (χ1n) is 1.58. The van der Waals surface area contributed by atoms with Gasteiger partial charge in [0.05, 0.1) is 4.20 Å². The quantitative estimate of drug-likeness (QED) is 0.515. The van der Waals surface area contributed by atoms with Crippen LogP contribution in [-0.4, -0.2) is 17.0 Å². The van der Waals surface area contributed by atoms with E-state index in [9.17, 15) is 0 Å². The number of hydrogen-bond donors (Lipinski definition) is 1. The third-order valence-corrected chi connectivity index (χ3v) is 1.68. The molecular formula is C3H7NS2. The van der Waals surface area contributed by atoms with Gasteiger partial charge in [-0.25, -0.2) is 0 Å². The topological polar surface area (TPSA) is 26.0 Å². The Balaban J connectivity index is 2.99. The van der Waals surface area contributed by atoms with Crippen LogP contribution in [0.3, 0.4) is 0 Å². The molecule has 0 heterocycles. The number of rotatable bonds is 1. The highest BCUT2D eigenvalue weighted by Gasteiger charge is 1.81. The van der Waals surface area contributed by atoms with Crippen molar-refractivity contribution >= 4 is 28.2 Å². The van der Waals surface area contributed by atoms with Crippen molar-refractivity contribution in [3.8, 4) is 0 Å². The van der Waals surface area contributed by atoms with Crippen LogP contribution in [0.1, 0.15) is 0 Å². The van der Waals surface area contributed by atoms with Crippen molar-refractivity contribution in [1.82, 2.24) is 0 Å². The summed E-state index contributed by atoms with van der Waals surface area (Å²) in [5.41, 5.74) is 5.12. The first kappa shape index (κ1) is 6.40. The molecule has 0 aliphatic carbocycles. The predicted molar refractivity (Wildman–Crippen MR) is 35.2 cm³/mol. The molecule has 3 heteroatoms. The standard InChI is InChI=1S/C3H7NS2/c1-6-3(5)2-4/h2,4H2,1H3. The van der Waals surface area contributed by atoms with Crippen molar-refractivity contribution in [1.29, 1.82) is 0 Å². The molecule has 0 rings (SSSR count). The molecule has 0 atom stereocenters. The molecule has 0 unspecified atom stereocenters. The summed E-state index contributed by atoms with van der Waals surface area (Å²) in [6, 6.07) is 0. The van der Waals surface area contributed by atoms with E-state index in [1.165, 1.54) is 11.8 Å². The summed E-state index contributed by atoms with van der Waals surface area (Å²) in [7, 11) is 0. The summed E-state index contributed by atoms with van der Waals surface area (Å²) in [5.74, 6) is 0. The molecule has 0 aromatic carbocycles. The Morgan fingerprint density at radius 1 is 2.00 bits per heavy atom. The van der Waals surface area contributed by atoms with Gasteiger partial charge in [0.1, 0.15) is 0 Å². The van der Waals surface area contributed by atoms with E-state index in [-0.39, 0.29) is 0 Å². The Hall–Kier alpha value is 0.400. The van der Waals surface area contributed by atoms with Gasteiger partial charge in [-0.15, -0.1) is 11.8 Å². The van der Waals surface area contributed by atoms with E-state index < -0.39 is 0 Å². The summed E-state index contributed by atoms with van der Waals surface area (Å²) in [6.07, 6.45) is 1.93. The molecule has 0 fully saturated rings. The number of nitrogens with two attached hydrogens (primary N) is 1. The van der Waals surface area contributed by atoms with E-state index in [1.807, 2.05) is 6.26 Å². The lowest BCUT2D eigenvalue weighted by Gasteiger charge is -1.86. The molecule has 0 radical (unpaired) electrons. The second-order valence-electron chi connectivity index (χ2n) is 0.780. The first-order chi connectivity index (χ1) is 2.81. The van der Waals surface area contributed by atoms with Crippen molar-refractivity contribution in [2.24, 2.45) is 5.73 Å². The first-order valence-corrected chi connectivity index (χ1v) is 3.21. The van der Waals surface area contributed by atoms with Gasteiger partial charge in [-0.1, -0.05) is 12.2 Å². The van der Waals surface area contributed by atoms with Gasteiger partial charge in [0, 0.05) is 6.54 Å². The third-order valence-electron chi connectivity index (χ3n) is 0.394. The van der Waals surface area contributed by atoms with Gasteiger partial charge in [-0.05, 0) is 6.26 Å². The SMILES string of the molecule is CSC(=S)CN.